The zero-order valence-electron chi connectivity index (χ0n) is 10.5. The maximum atomic E-state index is 9.49. The van der Waals surface area contributed by atoms with E-state index in [1.807, 2.05) is 0 Å². The standard InChI is InChI=1S/C14H21NOS/c1-9-3-4-10(2)12(7-9)17-13(8-16)14(15)11-5-6-11/h3-4,7,11,13-14,16H,5-6,8,15H2,1-2H3. The van der Waals surface area contributed by atoms with Gasteiger partial charge in [0.05, 0.1) is 6.61 Å². The molecule has 94 valence electrons. The summed E-state index contributed by atoms with van der Waals surface area (Å²) < 4.78 is 0. The molecule has 1 aliphatic carbocycles. The Balaban J connectivity index is 2.08. The maximum absolute atomic E-state index is 9.49. The van der Waals surface area contributed by atoms with E-state index in [9.17, 15) is 5.11 Å². The summed E-state index contributed by atoms with van der Waals surface area (Å²) in [6.45, 7) is 4.37. The molecule has 0 saturated heterocycles. The number of thioether (sulfide) groups is 1. The van der Waals surface area contributed by atoms with Crippen molar-refractivity contribution in [1.29, 1.82) is 0 Å². The van der Waals surface area contributed by atoms with Gasteiger partial charge in [-0.05, 0) is 44.2 Å². The first-order chi connectivity index (χ1) is 8.11. The smallest absolute Gasteiger partial charge is 0.0568 e. The van der Waals surface area contributed by atoms with Crippen molar-refractivity contribution >= 4 is 11.8 Å². The van der Waals surface area contributed by atoms with Crippen molar-refractivity contribution in [2.45, 2.75) is 42.9 Å². The van der Waals surface area contributed by atoms with Gasteiger partial charge in [0, 0.05) is 16.2 Å². The zero-order chi connectivity index (χ0) is 12.4. The highest BCUT2D eigenvalue weighted by Gasteiger charge is 2.34. The van der Waals surface area contributed by atoms with Crippen molar-refractivity contribution in [1.82, 2.24) is 0 Å². The Kier molecular flexibility index (Phi) is 4.13. The first kappa shape index (κ1) is 12.9. The summed E-state index contributed by atoms with van der Waals surface area (Å²) in [5.41, 5.74) is 8.71. The van der Waals surface area contributed by atoms with Gasteiger partial charge < -0.3 is 10.8 Å². The Morgan fingerprint density at radius 3 is 2.71 bits per heavy atom. The summed E-state index contributed by atoms with van der Waals surface area (Å²) >= 11 is 1.73. The fourth-order valence-corrected chi connectivity index (χ4v) is 3.31. The van der Waals surface area contributed by atoms with Gasteiger partial charge in [-0.2, -0.15) is 0 Å². The molecule has 1 fully saturated rings. The van der Waals surface area contributed by atoms with Gasteiger partial charge in [-0.3, -0.25) is 0 Å². The number of aliphatic hydroxyl groups excluding tert-OH is 1. The first-order valence-electron chi connectivity index (χ1n) is 6.22. The van der Waals surface area contributed by atoms with Gasteiger partial charge in [0.15, 0.2) is 0 Å². The van der Waals surface area contributed by atoms with E-state index in [4.69, 9.17) is 5.73 Å². The predicted octanol–water partition coefficient (Wildman–Crippen LogP) is 2.49. The molecule has 1 aromatic carbocycles. The molecule has 3 N–H and O–H groups in total. The summed E-state index contributed by atoms with van der Waals surface area (Å²) in [5, 5.41) is 9.62. The Bertz CT molecular complexity index is 390. The number of nitrogens with two attached hydrogens (primary N) is 1. The molecule has 1 aliphatic rings. The third kappa shape index (κ3) is 3.24. The van der Waals surface area contributed by atoms with Gasteiger partial charge >= 0.3 is 0 Å². The van der Waals surface area contributed by atoms with E-state index in [-0.39, 0.29) is 17.9 Å². The molecule has 17 heavy (non-hydrogen) atoms. The fourth-order valence-electron chi connectivity index (χ4n) is 2.02. The van der Waals surface area contributed by atoms with Crippen molar-refractivity contribution in [3.8, 4) is 0 Å². The number of rotatable bonds is 5. The van der Waals surface area contributed by atoms with Crippen LogP contribution in [-0.4, -0.2) is 23.0 Å². The van der Waals surface area contributed by atoms with Crippen molar-refractivity contribution in [3.05, 3.63) is 29.3 Å². The molecule has 0 amide bonds. The highest BCUT2D eigenvalue weighted by Crippen LogP contribution is 2.38. The lowest BCUT2D eigenvalue weighted by Gasteiger charge is -2.22. The molecule has 1 aromatic rings. The lowest BCUT2D eigenvalue weighted by Crippen LogP contribution is -2.36. The average molecular weight is 251 g/mol. The summed E-state index contributed by atoms with van der Waals surface area (Å²) in [6, 6.07) is 6.57. The topological polar surface area (TPSA) is 46.2 Å². The number of aliphatic hydroxyl groups is 1. The summed E-state index contributed by atoms with van der Waals surface area (Å²) in [5.74, 6) is 0.629. The van der Waals surface area contributed by atoms with Gasteiger partial charge in [0.25, 0.3) is 0 Å². The SMILES string of the molecule is Cc1ccc(C)c(SC(CO)C(N)C2CC2)c1. The minimum absolute atomic E-state index is 0.128. The second-order valence-corrected chi connectivity index (χ2v) is 6.30. The molecule has 2 atom stereocenters. The lowest BCUT2D eigenvalue weighted by molar-refractivity contribution is 0.277. The molecule has 0 spiro atoms. The van der Waals surface area contributed by atoms with Gasteiger partial charge in [0.1, 0.15) is 0 Å². The highest BCUT2D eigenvalue weighted by atomic mass is 32.2. The van der Waals surface area contributed by atoms with Crippen LogP contribution in [0.2, 0.25) is 0 Å². The van der Waals surface area contributed by atoms with E-state index in [1.165, 1.54) is 28.9 Å². The quantitative estimate of drug-likeness (QED) is 0.790. The van der Waals surface area contributed by atoms with Crippen molar-refractivity contribution in [2.24, 2.45) is 11.7 Å². The van der Waals surface area contributed by atoms with Crippen LogP contribution in [0.5, 0.6) is 0 Å². The molecular formula is C14H21NOS. The average Bonchev–Trinajstić information content (AvgIpc) is 3.13. The van der Waals surface area contributed by atoms with Crippen molar-refractivity contribution < 1.29 is 5.11 Å². The zero-order valence-corrected chi connectivity index (χ0v) is 11.3. The normalized spacial score (nSPS) is 19.1. The Morgan fingerprint density at radius 2 is 2.12 bits per heavy atom. The molecule has 0 aliphatic heterocycles. The van der Waals surface area contributed by atoms with Crippen LogP contribution in [0.15, 0.2) is 23.1 Å². The van der Waals surface area contributed by atoms with Crippen LogP contribution in [0, 0.1) is 19.8 Å². The van der Waals surface area contributed by atoms with Crippen LogP contribution in [0.25, 0.3) is 0 Å². The molecule has 0 heterocycles. The lowest BCUT2D eigenvalue weighted by atomic mass is 10.1. The van der Waals surface area contributed by atoms with Crippen LogP contribution in [0.4, 0.5) is 0 Å². The van der Waals surface area contributed by atoms with E-state index in [2.05, 4.69) is 32.0 Å². The molecule has 0 radical (unpaired) electrons. The first-order valence-corrected chi connectivity index (χ1v) is 7.10. The number of hydrogen-bond donors (Lipinski definition) is 2. The molecule has 0 bridgehead atoms. The molecule has 2 unspecified atom stereocenters. The number of aryl methyl sites for hydroxylation is 2. The maximum Gasteiger partial charge on any atom is 0.0568 e. The van der Waals surface area contributed by atoms with Gasteiger partial charge in [0.2, 0.25) is 0 Å². The van der Waals surface area contributed by atoms with E-state index >= 15 is 0 Å². The Hall–Kier alpha value is -0.510. The van der Waals surface area contributed by atoms with E-state index < -0.39 is 0 Å². The van der Waals surface area contributed by atoms with E-state index in [0.717, 1.165) is 0 Å². The largest absolute Gasteiger partial charge is 0.395 e. The molecule has 2 nitrogen and oxygen atoms in total. The number of benzene rings is 1. The summed E-state index contributed by atoms with van der Waals surface area (Å²) in [4.78, 5) is 1.25. The van der Waals surface area contributed by atoms with Crippen LogP contribution >= 0.6 is 11.8 Å². The van der Waals surface area contributed by atoms with Crippen LogP contribution in [-0.2, 0) is 0 Å². The molecule has 0 aromatic heterocycles. The Morgan fingerprint density at radius 1 is 1.41 bits per heavy atom. The van der Waals surface area contributed by atoms with Crippen LogP contribution in [0.1, 0.15) is 24.0 Å². The molecule has 1 saturated carbocycles. The fraction of sp³-hybridized carbons (Fsp3) is 0.571. The van der Waals surface area contributed by atoms with Gasteiger partial charge in [-0.15, -0.1) is 11.8 Å². The van der Waals surface area contributed by atoms with E-state index in [0.29, 0.717) is 5.92 Å². The van der Waals surface area contributed by atoms with Gasteiger partial charge in [-0.25, -0.2) is 0 Å². The molecule has 2 rings (SSSR count). The Labute approximate surface area is 108 Å². The third-order valence-corrected chi connectivity index (χ3v) is 4.86. The molecular weight excluding hydrogens is 230 g/mol. The summed E-state index contributed by atoms with van der Waals surface area (Å²) in [7, 11) is 0. The van der Waals surface area contributed by atoms with Crippen LogP contribution in [0.3, 0.4) is 0 Å². The monoisotopic (exact) mass is 251 g/mol. The third-order valence-electron chi connectivity index (χ3n) is 3.40. The van der Waals surface area contributed by atoms with Crippen molar-refractivity contribution in [2.75, 3.05) is 6.61 Å². The number of hydrogen-bond acceptors (Lipinski definition) is 3. The predicted molar refractivity (Wildman–Crippen MR) is 73.3 cm³/mol. The molecule has 3 heteroatoms. The van der Waals surface area contributed by atoms with Crippen molar-refractivity contribution in [3.63, 3.8) is 0 Å². The summed E-state index contributed by atoms with van der Waals surface area (Å²) in [6.07, 6.45) is 2.45. The minimum atomic E-state index is 0.128. The van der Waals surface area contributed by atoms with Gasteiger partial charge in [-0.1, -0.05) is 17.7 Å². The van der Waals surface area contributed by atoms with E-state index in [1.54, 1.807) is 11.8 Å². The second-order valence-electron chi connectivity index (χ2n) is 5.02. The van der Waals surface area contributed by atoms with Crippen LogP contribution < -0.4 is 5.73 Å². The second kappa shape index (κ2) is 5.42. The minimum Gasteiger partial charge on any atom is -0.395 e. The highest BCUT2D eigenvalue weighted by molar-refractivity contribution is 8.00.